The molecule has 90 valence electrons. The van der Waals surface area contributed by atoms with Crippen molar-refractivity contribution < 1.29 is 9.53 Å². The van der Waals surface area contributed by atoms with Gasteiger partial charge < -0.3 is 10.1 Å². The lowest BCUT2D eigenvalue weighted by Gasteiger charge is -2.02. The van der Waals surface area contributed by atoms with Crippen molar-refractivity contribution in [3.63, 3.8) is 0 Å². The number of rotatable bonds is 7. The van der Waals surface area contributed by atoms with E-state index in [-0.39, 0.29) is 5.91 Å². The highest BCUT2D eigenvalue weighted by molar-refractivity contribution is 7.12. The van der Waals surface area contributed by atoms with Gasteiger partial charge in [0.05, 0.1) is 12.0 Å². The van der Waals surface area contributed by atoms with Crippen LogP contribution < -0.4 is 10.1 Å². The third kappa shape index (κ3) is 4.41. The van der Waals surface area contributed by atoms with Gasteiger partial charge in [-0.1, -0.05) is 6.42 Å². The van der Waals surface area contributed by atoms with Crippen LogP contribution in [0.25, 0.3) is 0 Å². The van der Waals surface area contributed by atoms with Gasteiger partial charge in [0.15, 0.2) is 0 Å². The van der Waals surface area contributed by atoms with Crippen molar-refractivity contribution in [2.45, 2.75) is 19.3 Å². The standard InChI is InChI=1S/C11H16ClNO2S/c1-15-9-7-10(16-8-9)11(14)13-6-4-2-3-5-12/h7-8H,2-6H2,1H3,(H,13,14). The largest absolute Gasteiger partial charge is 0.496 e. The second kappa shape index (κ2) is 7.52. The van der Waals surface area contributed by atoms with Crippen molar-refractivity contribution in [1.82, 2.24) is 5.32 Å². The number of hydrogen-bond donors (Lipinski definition) is 1. The summed E-state index contributed by atoms with van der Waals surface area (Å²) in [5.41, 5.74) is 0. The Hall–Kier alpha value is -0.740. The number of unbranched alkanes of at least 4 members (excludes halogenated alkanes) is 2. The van der Waals surface area contributed by atoms with Gasteiger partial charge in [-0.15, -0.1) is 22.9 Å². The van der Waals surface area contributed by atoms with Crippen LogP contribution in [0.1, 0.15) is 28.9 Å². The second-order valence-corrected chi connectivity index (χ2v) is 4.65. The Morgan fingerprint density at radius 3 is 2.94 bits per heavy atom. The fourth-order valence-corrected chi connectivity index (χ4v) is 2.19. The van der Waals surface area contributed by atoms with Crippen LogP contribution >= 0.6 is 22.9 Å². The monoisotopic (exact) mass is 261 g/mol. The Morgan fingerprint density at radius 1 is 1.50 bits per heavy atom. The zero-order chi connectivity index (χ0) is 11.8. The molecular weight excluding hydrogens is 246 g/mol. The molecule has 1 heterocycles. The number of carbonyl (C=O) groups is 1. The molecule has 5 heteroatoms. The number of carbonyl (C=O) groups excluding carboxylic acids is 1. The highest BCUT2D eigenvalue weighted by Gasteiger charge is 2.08. The van der Waals surface area contributed by atoms with E-state index >= 15 is 0 Å². The maximum atomic E-state index is 11.6. The number of alkyl halides is 1. The first-order chi connectivity index (χ1) is 7.77. The van der Waals surface area contributed by atoms with Gasteiger partial charge in [0.1, 0.15) is 5.75 Å². The third-order valence-electron chi connectivity index (χ3n) is 2.13. The first-order valence-corrected chi connectivity index (χ1v) is 6.66. The maximum Gasteiger partial charge on any atom is 0.261 e. The molecule has 0 fully saturated rings. The van der Waals surface area contributed by atoms with Crippen molar-refractivity contribution in [2.75, 3.05) is 19.5 Å². The summed E-state index contributed by atoms with van der Waals surface area (Å²) in [6.45, 7) is 0.704. The van der Waals surface area contributed by atoms with Crippen molar-refractivity contribution in [1.29, 1.82) is 0 Å². The van der Waals surface area contributed by atoms with Crippen molar-refractivity contribution in [3.05, 3.63) is 16.3 Å². The number of ether oxygens (including phenoxy) is 1. The van der Waals surface area contributed by atoms with E-state index < -0.39 is 0 Å². The molecule has 1 N–H and O–H groups in total. The smallest absolute Gasteiger partial charge is 0.261 e. The van der Waals surface area contributed by atoms with E-state index in [0.717, 1.165) is 25.0 Å². The Kier molecular flexibility index (Phi) is 6.26. The molecule has 3 nitrogen and oxygen atoms in total. The molecule has 0 spiro atoms. The summed E-state index contributed by atoms with van der Waals surface area (Å²) in [5, 5.41) is 4.69. The van der Waals surface area contributed by atoms with E-state index in [0.29, 0.717) is 17.3 Å². The van der Waals surface area contributed by atoms with Crippen LogP contribution in [0.5, 0.6) is 5.75 Å². The van der Waals surface area contributed by atoms with Crippen LogP contribution in [-0.4, -0.2) is 25.4 Å². The first-order valence-electron chi connectivity index (χ1n) is 5.24. The number of nitrogens with one attached hydrogen (secondary N) is 1. The topological polar surface area (TPSA) is 38.3 Å². The lowest BCUT2D eigenvalue weighted by atomic mass is 10.2. The van der Waals surface area contributed by atoms with Gasteiger partial charge in [-0.3, -0.25) is 4.79 Å². The van der Waals surface area contributed by atoms with Gasteiger partial charge in [-0.05, 0) is 12.8 Å². The Bertz CT molecular complexity index is 328. The quantitative estimate of drug-likeness (QED) is 0.605. The SMILES string of the molecule is COc1csc(C(=O)NCCCCCCl)c1. The molecule has 0 bridgehead atoms. The highest BCUT2D eigenvalue weighted by Crippen LogP contribution is 2.20. The van der Waals surface area contributed by atoms with E-state index in [1.54, 1.807) is 13.2 Å². The lowest BCUT2D eigenvalue weighted by molar-refractivity contribution is 0.0957. The molecule has 0 aliphatic carbocycles. The normalized spacial score (nSPS) is 10.1. The molecule has 0 atom stereocenters. The van der Waals surface area contributed by atoms with Gasteiger partial charge in [-0.2, -0.15) is 0 Å². The van der Waals surface area contributed by atoms with E-state index in [4.69, 9.17) is 16.3 Å². The zero-order valence-corrected chi connectivity index (χ0v) is 10.9. The van der Waals surface area contributed by atoms with Gasteiger partial charge >= 0.3 is 0 Å². The molecule has 0 aliphatic heterocycles. The fourth-order valence-electron chi connectivity index (χ4n) is 1.23. The molecule has 0 saturated heterocycles. The van der Waals surface area contributed by atoms with Gasteiger partial charge in [0.25, 0.3) is 5.91 Å². The molecule has 1 aromatic heterocycles. The van der Waals surface area contributed by atoms with Crippen LogP contribution in [0, 0.1) is 0 Å². The summed E-state index contributed by atoms with van der Waals surface area (Å²) < 4.78 is 5.02. The van der Waals surface area contributed by atoms with Crippen molar-refractivity contribution in [3.8, 4) is 5.75 Å². The molecule has 0 aromatic carbocycles. The summed E-state index contributed by atoms with van der Waals surface area (Å²) in [6.07, 6.45) is 3.03. The maximum absolute atomic E-state index is 11.6. The number of halogens is 1. The van der Waals surface area contributed by atoms with Crippen LogP contribution in [0.3, 0.4) is 0 Å². The van der Waals surface area contributed by atoms with E-state index in [9.17, 15) is 4.79 Å². The lowest BCUT2D eigenvalue weighted by Crippen LogP contribution is -2.23. The van der Waals surface area contributed by atoms with Crippen LogP contribution in [0.4, 0.5) is 0 Å². The molecule has 0 aliphatic rings. The Morgan fingerprint density at radius 2 is 2.31 bits per heavy atom. The summed E-state index contributed by atoms with van der Waals surface area (Å²) in [7, 11) is 1.59. The van der Waals surface area contributed by atoms with Crippen molar-refractivity contribution in [2.24, 2.45) is 0 Å². The second-order valence-electron chi connectivity index (χ2n) is 3.36. The minimum atomic E-state index is -0.0285. The van der Waals surface area contributed by atoms with Gasteiger partial charge in [0, 0.05) is 23.9 Å². The summed E-state index contributed by atoms with van der Waals surface area (Å²) in [6, 6.07) is 1.75. The van der Waals surface area contributed by atoms with E-state index in [2.05, 4.69) is 5.32 Å². The van der Waals surface area contributed by atoms with E-state index in [1.807, 2.05) is 5.38 Å². The molecule has 16 heavy (non-hydrogen) atoms. The summed E-state index contributed by atoms with van der Waals surface area (Å²) in [4.78, 5) is 12.3. The number of methoxy groups -OCH3 is 1. The van der Waals surface area contributed by atoms with Gasteiger partial charge in [0.2, 0.25) is 0 Å². The predicted octanol–water partition coefficient (Wildman–Crippen LogP) is 2.90. The summed E-state index contributed by atoms with van der Waals surface area (Å²) >= 11 is 6.95. The molecule has 0 unspecified atom stereocenters. The molecule has 1 aromatic rings. The van der Waals surface area contributed by atoms with Crippen LogP contribution in [0.2, 0.25) is 0 Å². The Balaban J connectivity index is 2.24. The van der Waals surface area contributed by atoms with Crippen LogP contribution in [-0.2, 0) is 0 Å². The molecule has 1 amide bonds. The van der Waals surface area contributed by atoms with Gasteiger partial charge in [-0.25, -0.2) is 0 Å². The molecule has 0 radical (unpaired) electrons. The van der Waals surface area contributed by atoms with Crippen molar-refractivity contribution >= 4 is 28.8 Å². The van der Waals surface area contributed by atoms with E-state index in [1.165, 1.54) is 11.3 Å². The molecule has 1 rings (SSSR count). The molecular formula is C11H16ClNO2S. The zero-order valence-electron chi connectivity index (χ0n) is 9.29. The number of thiophene rings is 1. The minimum absolute atomic E-state index is 0.0285. The average Bonchev–Trinajstić information content (AvgIpc) is 2.77. The highest BCUT2D eigenvalue weighted by atomic mass is 35.5. The summed E-state index contributed by atoms with van der Waals surface area (Å²) in [5.74, 6) is 1.40. The first kappa shape index (κ1) is 13.3. The average molecular weight is 262 g/mol. The third-order valence-corrected chi connectivity index (χ3v) is 3.31. The Labute approximate surface area is 105 Å². The fraction of sp³-hybridized carbons (Fsp3) is 0.545. The minimum Gasteiger partial charge on any atom is -0.496 e. The molecule has 0 saturated carbocycles. The number of hydrogen-bond acceptors (Lipinski definition) is 3. The number of amides is 1. The predicted molar refractivity (Wildman–Crippen MR) is 67.8 cm³/mol. The van der Waals surface area contributed by atoms with Crippen LogP contribution in [0.15, 0.2) is 11.4 Å².